The van der Waals surface area contributed by atoms with Crippen molar-refractivity contribution >= 4 is 29.0 Å². The van der Waals surface area contributed by atoms with Gasteiger partial charge in [0.1, 0.15) is 5.78 Å². The zero-order valence-corrected chi connectivity index (χ0v) is 9.34. The van der Waals surface area contributed by atoms with Crippen molar-refractivity contribution in [3.8, 4) is 0 Å². The largest absolute Gasteiger partial charge is 0.375 e. The summed E-state index contributed by atoms with van der Waals surface area (Å²) in [6, 6.07) is 4.71. The van der Waals surface area contributed by atoms with Gasteiger partial charge in [0.05, 0.1) is 0 Å². The highest BCUT2D eigenvalue weighted by Gasteiger charge is 2.46. The Kier molecular flexibility index (Phi) is 2.48. The number of halogens is 1. The molecule has 5 heteroatoms. The number of Topliss-reactive ketones (excluding diaryl/α,β-unsaturated/α-hetero) is 1. The van der Waals surface area contributed by atoms with Crippen LogP contribution in [0.3, 0.4) is 0 Å². The van der Waals surface area contributed by atoms with Gasteiger partial charge in [0.25, 0.3) is 5.91 Å². The first-order valence-electron chi connectivity index (χ1n) is 4.77. The molecule has 0 bridgehead atoms. The average Bonchev–Trinajstić information content (AvgIpc) is 2.40. The minimum Gasteiger partial charge on any atom is -0.375 e. The molecule has 16 heavy (non-hydrogen) atoms. The molecular formula is C11H10ClNO3. The van der Waals surface area contributed by atoms with E-state index in [-0.39, 0.29) is 12.2 Å². The topological polar surface area (TPSA) is 66.4 Å². The number of nitrogens with one attached hydrogen (secondary N) is 1. The first-order chi connectivity index (χ1) is 7.43. The van der Waals surface area contributed by atoms with Gasteiger partial charge in [-0.05, 0) is 25.1 Å². The highest BCUT2D eigenvalue weighted by atomic mass is 35.5. The lowest BCUT2D eigenvalue weighted by molar-refractivity contribution is -0.139. The van der Waals surface area contributed by atoms with Crippen LogP contribution in [0.4, 0.5) is 5.69 Å². The van der Waals surface area contributed by atoms with E-state index in [0.717, 1.165) is 0 Å². The highest BCUT2D eigenvalue weighted by Crippen LogP contribution is 2.39. The summed E-state index contributed by atoms with van der Waals surface area (Å²) in [4.78, 5) is 22.7. The van der Waals surface area contributed by atoms with E-state index < -0.39 is 11.5 Å². The first kappa shape index (κ1) is 11.1. The van der Waals surface area contributed by atoms with Crippen LogP contribution >= 0.6 is 11.6 Å². The van der Waals surface area contributed by atoms with E-state index in [1.54, 1.807) is 12.1 Å². The highest BCUT2D eigenvalue weighted by molar-refractivity contribution is 6.31. The van der Waals surface area contributed by atoms with Crippen molar-refractivity contribution in [2.24, 2.45) is 0 Å². The smallest absolute Gasteiger partial charge is 0.261 e. The molecule has 2 rings (SSSR count). The molecule has 1 aliphatic heterocycles. The van der Waals surface area contributed by atoms with Crippen molar-refractivity contribution < 1.29 is 14.7 Å². The quantitative estimate of drug-likeness (QED) is 0.821. The number of hydrogen-bond donors (Lipinski definition) is 2. The zero-order valence-electron chi connectivity index (χ0n) is 8.58. The van der Waals surface area contributed by atoms with Gasteiger partial charge in [-0.15, -0.1) is 0 Å². The minimum absolute atomic E-state index is 0.244. The maximum absolute atomic E-state index is 11.6. The Balaban J connectivity index is 2.53. The van der Waals surface area contributed by atoms with Gasteiger partial charge in [-0.3, -0.25) is 9.59 Å². The van der Waals surface area contributed by atoms with Gasteiger partial charge in [-0.2, -0.15) is 0 Å². The monoisotopic (exact) mass is 239 g/mol. The van der Waals surface area contributed by atoms with Gasteiger partial charge in [0.2, 0.25) is 0 Å². The summed E-state index contributed by atoms with van der Waals surface area (Å²) in [7, 11) is 0. The van der Waals surface area contributed by atoms with Gasteiger partial charge in [0, 0.05) is 22.7 Å². The predicted molar refractivity (Wildman–Crippen MR) is 59.3 cm³/mol. The SMILES string of the molecule is CC(=O)CC1(O)C(=O)Nc2ccc(Cl)cc21. The van der Waals surface area contributed by atoms with Crippen LogP contribution in [0.1, 0.15) is 18.9 Å². The Labute approximate surface area is 97.2 Å². The van der Waals surface area contributed by atoms with E-state index in [9.17, 15) is 14.7 Å². The van der Waals surface area contributed by atoms with Gasteiger partial charge in [0.15, 0.2) is 5.60 Å². The zero-order chi connectivity index (χ0) is 11.9. The number of fused-ring (bicyclic) bond motifs is 1. The van der Waals surface area contributed by atoms with Gasteiger partial charge in [-0.25, -0.2) is 0 Å². The summed E-state index contributed by atoms with van der Waals surface area (Å²) in [5, 5.41) is 13.2. The Morgan fingerprint density at radius 2 is 2.25 bits per heavy atom. The maximum Gasteiger partial charge on any atom is 0.261 e. The molecule has 2 N–H and O–H groups in total. The average molecular weight is 240 g/mol. The van der Waals surface area contributed by atoms with Crippen molar-refractivity contribution in [1.82, 2.24) is 0 Å². The fourth-order valence-electron chi connectivity index (χ4n) is 1.85. The molecule has 1 unspecified atom stereocenters. The van der Waals surface area contributed by atoms with Crippen LogP contribution in [0.5, 0.6) is 0 Å². The molecule has 1 amide bonds. The second kappa shape index (κ2) is 3.57. The standard InChI is InChI=1S/C11H10ClNO3/c1-6(14)5-11(16)8-4-7(12)2-3-9(8)13-10(11)15/h2-4,16H,5H2,1H3,(H,13,15). The fourth-order valence-corrected chi connectivity index (χ4v) is 2.02. The summed E-state index contributed by atoms with van der Waals surface area (Å²) in [5.41, 5.74) is -0.926. The molecular weight excluding hydrogens is 230 g/mol. The number of ketones is 1. The molecule has 1 heterocycles. The normalized spacial score (nSPS) is 22.8. The van der Waals surface area contributed by atoms with Crippen molar-refractivity contribution in [2.45, 2.75) is 18.9 Å². The van der Waals surface area contributed by atoms with E-state index >= 15 is 0 Å². The van der Waals surface area contributed by atoms with E-state index in [4.69, 9.17) is 11.6 Å². The molecule has 1 atom stereocenters. The van der Waals surface area contributed by atoms with E-state index in [0.29, 0.717) is 16.3 Å². The molecule has 0 aliphatic carbocycles. The van der Waals surface area contributed by atoms with Crippen LogP contribution in [0.25, 0.3) is 0 Å². The lowest BCUT2D eigenvalue weighted by Crippen LogP contribution is -2.35. The van der Waals surface area contributed by atoms with Gasteiger partial charge in [-0.1, -0.05) is 11.6 Å². The van der Waals surface area contributed by atoms with Gasteiger partial charge >= 0.3 is 0 Å². The number of amides is 1. The summed E-state index contributed by atoms with van der Waals surface area (Å²) < 4.78 is 0. The fraction of sp³-hybridized carbons (Fsp3) is 0.273. The lowest BCUT2D eigenvalue weighted by atomic mass is 9.90. The van der Waals surface area contributed by atoms with Crippen LogP contribution in [0, 0.1) is 0 Å². The number of anilines is 1. The van der Waals surface area contributed by atoms with Crippen LogP contribution in [-0.2, 0) is 15.2 Å². The lowest BCUT2D eigenvalue weighted by Gasteiger charge is -2.19. The Morgan fingerprint density at radius 3 is 2.88 bits per heavy atom. The van der Waals surface area contributed by atoms with Crippen molar-refractivity contribution in [2.75, 3.05) is 5.32 Å². The molecule has 4 nitrogen and oxygen atoms in total. The molecule has 0 aromatic heterocycles. The first-order valence-corrected chi connectivity index (χ1v) is 5.14. The minimum atomic E-state index is -1.79. The molecule has 0 radical (unpaired) electrons. The van der Waals surface area contributed by atoms with E-state index in [1.807, 2.05) is 0 Å². The second-order valence-corrected chi connectivity index (χ2v) is 4.32. The van der Waals surface area contributed by atoms with Crippen molar-refractivity contribution in [1.29, 1.82) is 0 Å². The Morgan fingerprint density at radius 1 is 1.56 bits per heavy atom. The van der Waals surface area contributed by atoms with Crippen LogP contribution in [0.2, 0.25) is 5.02 Å². The molecule has 0 fully saturated rings. The predicted octanol–water partition coefficient (Wildman–Crippen LogP) is 1.46. The molecule has 1 aromatic rings. The number of carbonyl (C=O) groups excluding carboxylic acids is 2. The number of benzene rings is 1. The van der Waals surface area contributed by atoms with Gasteiger partial charge < -0.3 is 10.4 Å². The Bertz CT molecular complexity index is 486. The summed E-state index contributed by atoms with van der Waals surface area (Å²) in [5.74, 6) is -0.842. The maximum atomic E-state index is 11.6. The Hall–Kier alpha value is -1.39. The third-order valence-electron chi connectivity index (χ3n) is 2.56. The van der Waals surface area contributed by atoms with Crippen LogP contribution < -0.4 is 5.32 Å². The number of hydrogen-bond acceptors (Lipinski definition) is 3. The summed E-state index contributed by atoms with van der Waals surface area (Å²) in [6.45, 7) is 1.33. The van der Waals surface area contributed by atoms with E-state index in [1.165, 1.54) is 13.0 Å². The van der Waals surface area contributed by atoms with Crippen LogP contribution in [0.15, 0.2) is 18.2 Å². The van der Waals surface area contributed by atoms with Crippen molar-refractivity contribution in [3.05, 3.63) is 28.8 Å². The molecule has 0 saturated heterocycles. The summed E-state index contributed by atoms with van der Waals surface area (Å²) >= 11 is 5.80. The molecule has 1 aromatic carbocycles. The molecule has 0 spiro atoms. The second-order valence-electron chi connectivity index (χ2n) is 3.88. The number of aliphatic hydroxyl groups is 1. The summed E-state index contributed by atoms with van der Waals surface area (Å²) in [6.07, 6.45) is -0.244. The molecule has 1 aliphatic rings. The molecule has 84 valence electrons. The van der Waals surface area contributed by atoms with Crippen LogP contribution in [-0.4, -0.2) is 16.8 Å². The third kappa shape index (κ3) is 1.60. The number of rotatable bonds is 2. The molecule has 0 saturated carbocycles. The van der Waals surface area contributed by atoms with Crippen molar-refractivity contribution in [3.63, 3.8) is 0 Å². The third-order valence-corrected chi connectivity index (χ3v) is 2.79. The van der Waals surface area contributed by atoms with E-state index in [2.05, 4.69) is 5.32 Å². The number of carbonyl (C=O) groups is 2.